The van der Waals surface area contributed by atoms with Crippen LogP contribution in [0.4, 0.5) is 5.69 Å². The molecule has 1 amide bonds. The summed E-state index contributed by atoms with van der Waals surface area (Å²) < 4.78 is 6.27. The molecule has 2 aromatic rings. The second kappa shape index (κ2) is 5.55. The summed E-state index contributed by atoms with van der Waals surface area (Å²) in [6, 6.07) is 8.88. The Labute approximate surface area is 122 Å². The molecule has 0 aliphatic carbocycles. The van der Waals surface area contributed by atoms with Crippen LogP contribution in [0.5, 0.6) is 0 Å². The zero-order chi connectivity index (χ0) is 14.8. The van der Waals surface area contributed by atoms with E-state index in [2.05, 4.69) is 5.10 Å². The molecule has 1 unspecified atom stereocenters. The van der Waals surface area contributed by atoms with Gasteiger partial charge in [0.2, 0.25) is 5.89 Å². The van der Waals surface area contributed by atoms with Gasteiger partial charge < -0.3 is 9.32 Å². The molecule has 0 N–H and O–H groups in total. The van der Waals surface area contributed by atoms with Gasteiger partial charge in [0.1, 0.15) is 6.04 Å². The van der Waals surface area contributed by atoms with Crippen LogP contribution < -0.4 is 10.7 Å². The van der Waals surface area contributed by atoms with E-state index in [9.17, 15) is 9.59 Å². The predicted octanol–water partition coefficient (Wildman–Crippen LogP) is 1.77. The van der Waals surface area contributed by atoms with Gasteiger partial charge in [-0.1, -0.05) is 25.1 Å². The number of hydrogen-bond acceptors (Lipinski definition) is 4. The summed E-state index contributed by atoms with van der Waals surface area (Å²) in [6.45, 7) is 2.56. The van der Waals surface area contributed by atoms with Crippen LogP contribution in [-0.4, -0.2) is 22.2 Å². The highest BCUT2D eigenvalue weighted by Gasteiger charge is 2.36. The third-order valence-corrected chi connectivity index (χ3v) is 3.62. The van der Waals surface area contributed by atoms with Crippen molar-refractivity contribution in [3.8, 4) is 0 Å². The number of amides is 1. The number of para-hydroxylation sites is 1. The summed E-state index contributed by atoms with van der Waals surface area (Å²) in [6.07, 6.45) is 2.01. The molecule has 3 rings (SSSR count). The van der Waals surface area contributed by atoms with Crippen LogP contribution in [0.25, 0.3) is 0 Å². The number of rotatable bonds is 4. The van der Waals surface area contributed by atoms with Crippen LogP contribution in [0.15, 0.2) is 39.5 Å². The zero-order valence-electron chi connectivity index (χ0n) is 11.9. The Hall–Kier alpha value is -2.37. The molecule has 1 aromatic carbocycles. The number of carbonyl (C=O) groups excluding carboxylic acids is 1. The van der Waals surface area contributed by atoms with Gasteiger partial charge in [-0.25, -0.2) is 4.79 Å². The highest BCUT2D eigenvalue weighted by molar-refractivity contribution is 5.98. The van der Waals surface area contributed by atoms with E-state index in [1.807, 2.05) is 37.3 Å². The van der Waals surface area contributed by atoms with Gasteiger partial charge >= 0.3 is 5.76 Å². The van der Waals surface area contributed by atoms with Crippen molar-refractivity contribution >= 4 is 11.6 Å². The molecule has 1 saturated heterocycles. The molecule has 6 heteroatoms. The smallest absolute Gasteiger partial charge is 0.392 e. The summed E-state index contributed by atoms with van der Waals surface area (Å²) in [7, 11) is 0. The van der Waals surface area contributed by atoms with Crippen molar-refractivity contribution in [2.24, 2.45) is 0 Å². The summed E-state index contributed by atoms with van der Waals surface area (Å²) >= 11 is 0. The molecular formula is C15H17N3O3. The average molecular weight is 287 g/mol. The molecule has 0 radical (unpaired) electrons. The quantitative estimate of drug-likeness (QED) is 0.859. The van der Waals surface area contributed by atoms with Crippen molar-refractivity contribution in [2.45, 2.75) is 32.2 Å². The molecule has 1 aliphatic rings. The first-order valence-electron chi connectivity index (χ1n) is 7.15. The summed E-state index contributed by atoms with van der Waals surface area (Å²) in [5.74, 6) is -0.264. The van der Waals surface area contributed by atoms with Gasteiger partial charge in [-0.3, -0.25) is 4.79 Å². The minimum Gasteiger partial charge on any atom is -0.392 e. The second-order valence-electron chi connectivity index (χ2n) is 5.09. The van der Waals surface area contributed by atoms with Crippen LogP contribution in [0, 0.1) is 0 Å². The van der Waals surface area contributed by atoms with Gasteiger partial charge in [-0.05, 0) is 25.0 Å². The molecule has 110 valence electrons. The first-order valence-corrected chi connectivity index (χ1v) is 7.15. The van der Waals surface area contributed by atoms with Crippen LogP contribution in [0.3, 0.4) is 0 Å². The molecule has 1 fully saturated rings. The number of carbonyl (C=O) groups is 1. The van der Waals surface area contributed by atoms with Crippen LogP contribution in [0.1, 0.15) is 31.7 Å². The maximum atomic E-state index is 12.5. The number of aryl methyl sites for hydroxylation is 1. The molecule has 0 bridgehead atoms. The topological polar surface area (TPSA) is 68.3 Å². The number of nitrogens with zero attached hydrogens (tertiary/aromatic N) is 3. The Kier molecular flexibility index (Phi) is 3.60. The lowest BCUT2D eigenvalue weighted by atomic mass is 10.2. The van der Waals surface area contributed by atoms with Crippen molar-refractivity contribution in [3.63, 3.8) is 0 Å². The highest BCUT2D eigenvalue weighted by atomic mass is 16.4. The number of hydrogen-bond donors (Lipinski definition) is 0. The molecular weight excluding hydrogens is 270 g/mol. The van der Waals surface area contributed by atoms with Gasteiger partial charge in [0.05, 0.1) is 0 Å². The molecule has 1 aromatic heterocycles. The van der Waals surface area contributed by atoms with Gasteiger partial charge in [-0.15, -0.1) is 5.10 Å². The Bertz CT molecular complexity index is 690. The van der Waals surface area contributed by atoms with Crippen LogP contribution >= 0.6 is 0 Å². The molecule has 1 aliphatic heterocycles. The third kappa shape index (κ3) is 2.49. The fraction of sp³-hybridized carbons (Fsp3) is 0.400. The van der Waals surface area contributed by atoms with Gasteiger partial charge in [-0.2, -0.15) is 4.68 Å². The number of benzene rings is 1. The van der Waals surface area contributed by atoms with Crippen LogP contribution in [0.2, 0.25) is 0 Å². The Balaban J connectivity index is 1.85. The summed E-state index contributed by atoms with van der Waals surface area (Å²) in [4.78, 5) is 26.0. The van der Waals surface area contributed by atoms with E-state index in [0.717, 1.165) is 12.1 Å². The van der Waals surface area contributed by atoms with E-state index in [4.69, 9.17) is 4.42 Å². The maximum Gasteiger partial charge on any atom is 0.437 e. The minimum absolute atomic E-state index is 0.111. The van der Waals surface area contributed by atoms with E-state index in [-0.39, 0.29) is 5.91 Å². The van der Waals surface area contributed by atoms with Gasteiger partial charge in [0.25, 0.3) is 5.91 Å². The van der Waals surface area contributed by atoms with Crippen molar-refractivity contribution < 1.29 is 9.21 Å². The zero-order valence-corrected chi connectivity index (χ0v) is 11.9. The predicted molar refractivity (Wildman–Crippen MR) is 77.2 cm³/mol. The Morgan fingerprint density at radius 2 is 2.05 bits per heavy atom. The highest BCUT2D eigenvalue weighted by Crippen LogP contribution is 2.27. The monoisotopic (exact) mass is 287 g/mol. The minimum atomic E-state index is -0.563. The lowest BCUT2D eigenvalue weighted by molar-refractivity contribution is -0.120. The van der Waals surface area contributed by atoms with Crippen molar-refractivity contribution in [3.05, 3.63) is 46.8 Å². The largest absolute Gasteiger partial charge is 0.437 e. The van der Waals surface area contributed by atoms with E-state index in [1.54, 1.807) is 4.90 Å². The van der Waals surface area contributed by atoms with Crippen molar-refractivity contribution in [2.75, 3.05) is 11.4 Å². The molecule has 2 heterocycles. The van der Waals surface area contributed by atoms with E-state index in [1.165, 1.54) is 4.68 Å². The Morgan fingerprint density at radius 1 is 1.29 bits per heavy atom. The lowest BCUT2D eigenvalue weighted by Crippen LogP contribution is -2.31. The fourth-order valence-electron chi connectivity index (χ4n) is 2.60. The van der Waals surface area contributed by atoms with Gasteiger partial charge in [0.15, 0.2) is 0 Å². The molecule has 21 heavy (non-hydrogen) atoms. The number of aromatic nitrogens is 2. The van der Waals surface area contributed by atoms with Gasteiger partial charge in [0, 0.05) is 18.7 Å². The molecule has 6 nitrogen and oxygen atoms in total. The Morgan fingerprint density at radius 3 is 2.76 bits per heavy atom. The first-order chi connectivity index (χ1) is 10.2. The fourth-order valence-corrected chi connectivity index (χ4v) is 2.60. The summed E-state index contributed by atoms with van der Waals surface area (Å²) in [5.41, 5.74) is 0.843. The van der Waals surface area contributed by atoms with E-state index in [0.29, 0.717) is 25.3 Å². The van der Waals surface area contributed by atoms with Crippen molar-refractivity contribution in [1.29, 1.82) is 0 Å². The van der Waals surface area contributed by atoms with E-state index < -0.39 is 11.8 Å². The third-order valence-electron chi connectivity index (χ3n) is 3.62. The second-order valence-corrected chi connectivity index (χ2v) is 5.09. The molecule has 0 spiro atoms. The lowest BCUT2D eigenvalue weighted by Gasteiger charge is -2.16. The normalized spacial score (nSPS) is 18.4. The average Bonchev–Trinajstić information content (AvgIpc) is 3.03. The number of anilines is 1. The first kappa shape index (κ1) is 13.6. The molecule has 1 atom stereocenters. The van der Waals surface area contributed by atoms with E-state index >= 15 is 0 Å². The van der Waals surface area contributed by atoms with Crippen LogP contribution in [-0.2, 0) is 11.2 Å². The molecule has 0 saturated carbocycles. The van der Waals surface area contributed by atoms with Crippen molar-refractivity contribution in [1.82, 2.24) is 9.78 Å². The SMILES string of the molecule is CCCc1nn(C2CCN(c3ccccc3)C2=O)c(=O)o1. The summed E-state index contributed by atoms with van der Waals surface area (Å²) in [5, 5.41) is 4.15. The standard InChI is InChI=1S/C15H17N3O3/c1-2-6-13-16-18(15(20)21-13)12-9-10-17(14(12)19)11-7-4-3-5-8-11/h3-5,7-8,12H,2,6,9-10H2,1H3. The maximum absolute atomic E-state index is 12.5.